The smallest absolute Gasteiger partial charge is 0.267 e. The molecule has 0 radical (unpaired) electrons. The molecule has 24 heavy (non-hydrogen) atoms. The molecule has 0 fully saturated rings. The summed E-state index contributed by atoms with van der Waals surface area (Å²) < 4.78 is 14.9. The molecule has 2 amide bonds. The van der Waals surface area contributed by atoms with Gasteiger partial charge in [0, 0.05) is 11.4 Å². The monoisotopic (exact) mass is 328 g/mol. The highest BCUT2D eigenvalue weighted by molar-refractivity contribution is 5.97. The molecule has 0 aliphatic rings. The maximum atomic E-state index is 13.5. The fourth-order valence-corrected chi connectivity index (χ4v) is 2.14. The minimum Gasteiger partial charge on any atom is -0.267 e. The lowest BCUT2D eigenvalue weighted by molar-refractivity contribution is 0.0838. The number of halogens is 1. The molecule has 2 heterocycles. The predicted molar refractivity (Wildman–Crippen MR) is 81.6 cm³/mol. The summed E-state index contributed by atoms with van der Waals surface area (Å²) in [5, 5.41) is 4.03. The first-order valence-electron chi connectivity index (χ1n) is 7.02. The highest BCUT2D eigenvalue weighted by Crippen LogP contribution is 2.06. The van der Waals surface area contributed by atoms with Gasteiger partial charge in [-0.3, -0.25) is 20.4 Å². The van der Waals surface area contributed by atoms with E-state index in [0.29, 0.717) is 0 Å². The van der Waals surface area contributed by atoms with Gasteiger partial charge in [0.25, 0.3) is 11.7 Å². The normalized spacial score (nSPS) is 10.6. The maximum absolute atomic E-state index is 13.5. The van der Waals surface area contributed by atoms with Crippen molar-refractivity contribution in [1.82, 2.24) is 30.4 Å². The molecule has 9 heteroatoms. The fourth-order valence-electron chi connectivity index (χ4n) is 2.14. The first kappa shape index (κ1) is 15.5. The number of aryl methyl sites for hydroxylation is 2. The molecular weight excluding hydrogens is 315 g/mol. The average molecular weight is 328 g/mol. The molecule has 0 unspecified atom stereocenters. The number of aromatic nitrogens is 4. The Morgan fingerprint density at radius 3 is 2.54 bits per heavy atom. The van der Waals surface area contributed by atoms with Crippen molar-refractivity contribution in [2.45, 2.75) is 13.8 Å². The van der Waals surface area contributed by atoms with Crippen LogP contribution in [0.1, 0.15) is 32.4 Å². The minimum atomic E-state index is -0.782. The third kappa shape index (κ3) is 2.91. The summed E-state index contributed by atoms with van der Waals surface area (Å²) in [6, 6.07) is 7.22. The van der Waals surface area contributed by atoms with E-state index in [1.807, 2.05) is 0 Å². The van der Waals surface area contributed by atoms with E-state index in [4.69, 9.17) is 0 Å². The molecule has 0 spiro atoms. The summed E-state index contributed by atoms with van der Waals surface area (Å²) in [6.45, 7) is 3.61. The molecular formula is C15H13FN6O2. The number of rotatable bonds is 2. The quantitative estimate of drug-likeness (QED) is 0.682. The van der Waals surface area contributed by atoms with Crippen LogP contribution in [-0.4, -0.2) is 31.4 Å². The lowest BCUT2D eigenvalue weighted by atomic mass is 10.2. The number of fused-ring (bicyclic) bond motifs is 1. The van der Waals surface area contributed by atoms with Crippen LogP contribution in [0.5, 0.6) is 0 Å². The van der Waals surface area contributed by atoms with Gasteiger partial charge in [-0.15, -0.1) is 5.10 Å². The van der Waals surface area contributed by atoms with Crippen molar-refractivity contribution in [2.75, 3.05) is 0 Å². The van der Waals surface area contributed by atoms with Gasteiger partial charge in [-0.1, -0.05) is 12.1 Å². The van der Waals surface area contributed by atoms with Gasteiger partial charge in [0.15, 0.2) is 0 Å². The van der Waals surface area contributed by atoms with Crippen molar-refractivity contribution in [3.8, 4) is 0 Å². The Hall–Kier alpha value is -3.36. The molecule has 122 valence electrons. The lowest BCUT2D eigenvalue weighted by Gasteiger charge is -2.05. The van der Waals surface area contributed by atoms with E-state index in [2.05, 4.69) is 25.9 Å². The van der Waals surface area contributed by atoms with Gasteiger partial charge in [0.1, 0.15) is 5.82 Å². The van der Waals surface area contributed by atoms with E-state index >= 15 is 0 Å². The Morgan fingerprint density at radius 2 is 1.79 bits per heavy atom. The zero-order chi connectivity index (χ0) is 17.3. The first-order valence-corrected chi connectivity index (χ1v) is 7.02. The molecule has 0 aliphatic carbocycles. The third-order valence-corrected chi connectivity index (χ3v) is 3.23. The van der Waals surface area contributed by atoms with Gasteiger partial charge in [-0.2, -0.15) is 4.98 Å². The number of amides is 2. The number of nitrogens with zero attached hydrogens (tertiary/aromatic N) is 4. The first-order chi connectivity index (χ1) is 11.5. The van der Waals surface area contributed by atoms with Gasteiger partial charge in [-0.05, 0) is 32.0 Å². The van der Waals surface area contributed by atoms with Crippen LogP contribution in [-0.2, 0) is 0 Å². The summed E-state index contributed by atoms with van der Waals surface area (Å²) in [6.07, 6.45) is 0. The Morgan fingerprint density at radius 1 is 1.08 bits per heavy atom. The van der Waals surface area contributed by atoms with Gasteiger partial charge in [0.2, 0.25) is 5.82 Å². The van der Waals surface area contributed by atoms with E-state index in [0.717, 1.165) is 17.5 Å². The molecule has 3 rings (SSSR count). The van der Waals surface area contributed by atoms with Crippen molar-refractivity contribution < 1.29 is 14.0 Å². The molecule has 2 aromatic heterocycles. The van der Waals surface area contributed by atoms with Gasteiger partial charge < -0.3 is 0 Å². The largest absolute Gasteiger partial charge is 0.309 e. The van der Waals surface area contributed by atoms with Gasteiger partial charge in [-0.25, -0.2) is 13.9 Å². The molecule has 1 aromatic carbocycles. The van der Waals surface area contributed by atoms with Crippen LogP contribution in [0.2, 0.25) is 0 Å². The molecule has 0 saturated heterocycles. The summed E-state index contributed by atoms with van der Waals surface area (Å²) in [7, 11) is 0. The van der Waals surface area contributed by atoms with Crippen LogP contribution in [0.3, 0.4) is 0 Å². The summed E-state index contributed by atoms with van der Waals surface area (Å²) >= 11 is 0. The van der Waals surface area contributed by atoms with Gasteiger partial charge in [0.05, 0.1) is 5.56 Å². The minimum absolute atomic E-state index is 0.162. The van der Waals surface area contributed by atoms with Crippen LogP contribution in [0.25, 0.3) is 5.78 Å². The van der Waals surface area contributed by atoms with E-state index in [1.165, 1.54) is 22.7 Å². The maximum Gasteiger partial charge on any atom is 0.309 e. The Balaban J connectivity index is 1.75. The second kappa shape index (κ2) is 6.03. The molecule has 0 saturated carbocycles. The topological polar surface area (TPSA) is 101 Å². The summed E-state index contributed by atoms with van der Waals surface area (Å²) in [5.74, 6) is -2.09. The lowest BCUT2D eigenvalue weighted by Crippen LogP contribution is -2.42. The third-order valence-electron chi connectivity index (χ3n) is 3.23. The average Bonchev–Trinajstić information content (AvgIpc) is 2.97. The van der Waals surface area contributed by atoms with E-state index in [9.17, 15) is 14.0 Å². The highest BCUT2D eigenvalue weighted by atomic mass is 19.1. The fraction of sp³-hybridized carbons (Fsp3) is 0.133. The molecule has 0 atom stereocenters. The van der Waals surface area contributed by atoms with Crippen molar-refractivity contribution in [3.05, 3.63) is 58.9 Å². The predicted octanol–water partition coefficient (Wildman–Crippen LogP) is 0.955. The molecule has 0 aliphatic heterocycles. The Kier molecular flexibility index (Phi) is 3.90. The molecule has 2 N–H and O–H groups in total. The number of hydrogen-bond donors (Lipinski definition) is 2. The number of hydrogen-bond acceptors (Lipinski definition) is 5. The molecule has 8 nitrogen and oxygen atoms in total. The van der Waals surface area contributed by atoms with Crippen molar-refractivity contribution in [3.63, 3.8) is 0 Å². The Bertz CT molecular complexity index is 952. The number of benzene rings is 1. The van der Waals surface area contributed by atoms with Gasteiger partial charge >= 0.3 is 5.91 Å². The second-order valence-corrected chi connectivity index (χ2v) is 5.07. The second-order valence-electron chi connectivity index (χ2n) is 5.07. The standard InChI is InChI=1S/C15H13FN6O2/c1-8-7-9(2)22-15(17-8)18-12(21-22)14(24)20-19-13(23)10-5-3-4-6-11(10)16/h3-7H,1-2H3,(H,19,23)(H,20,24). The molecule has 3 aromatic rings. The highest BCUT2D eigenvalue weighted by Gasteiger charge is 2.17. The summed E-state index contributed by atoms with van der Waals surface area (Å²) in [4.78, 5) is 32.1. The van der Waals surface area contributed by atoms with Crippen molar-refractivity contribution in [2.24, 2.45) is 0 Å². The Labute approximate surface area is 135 Å². The summed E-state index contributed by atoms with van der Waals surface area (Å²) in [5.41, 5.74) is 5.59. The van der Waals surface area contributed by atoms with Crippen LogP contribution in [0, 0.1) is 19.7 Å². The van der Waals surface area contributed by atoms with E-state index in [1.54, 1.807) is 19.9 Å². The van der Waals surface area contributed by atoms with Crippen LogP contribution >= 0.6 is 0 Å². The van der Waals surface area contributed by atoms with Crippen molar-refractivity contribution >= 4 is 17.6 Å². The van der Waals surface area contributed by atoms with E-state index in [-0.39, 0.29) is 17.2 Å². The molecule has 0 bridgehead atoms. The van der Waals surface area contributed by atoms with Crippen molar-refractivity contribution in [1.29, 1.82) is 0 Å². The van der Waals surface area contributed by atoms with Crippen LogP contribution in [0.4, 0.5) is 4.39 Å². The van der Waals surface area contributed by atoms with E-state index < -0.39 is 17.6 Å². The number of nitrogens with one attached hydrogen (secondary N) is 2. The number of carbonyl (C=O) groups excluding carboxylic acids is 2. The SMILES string of the molecule is Cc1cc(C)n2nc(C(=O)NNC(=O)c3ccccc3F)nc2n1. The zero-order valence-corrected chi connectivity index (χ0v) is 12.9. The zero-order valence-electron chi connectivity index (χ0n) is 12.9. The van der Waals surface area contributed by atoms with Crippen LogP contribution in [0.15, 0.2) is 30.3 Å². The number of carbonyl (C=O) groups is 2. The number of hydrazine groups is 1. The van der Waals surface area contributed by atoms with Crippen LogP contribution < -0.4 is 10.9 Å².